The van der Waals surface area contributed by atoms with Crippen molar-refractivity contribution in [2.45, 2.75) is 26.2 Å². The molecule has 2 rings (SSSR count). The molecule has 0 saturated heterocycles. The van der Waals surface area contributed by atoms with E-state index in [9.17, 15) is 0 Å². The van der Waals surface area contributed by atoms with Gasteiger partial charge in [0.05, 0.1) is 5.71 Å². The van der Waals surface area contributed by atoms with Gasteiger partial charge in [-0.15, -0.1) is 6.58 Å². The Hall–Kier alpha value is -1.63. The molecule has 88 valence electrons. The molecule has 0 aromatic heterocycles. The number of nitrogens with zero attached hydrogens (tertiary/aromatic N) is 1. The number of rotatable bonds is 3. The molecule has 1 aromatic carbocycles. The second-order valence-electron chi connectivity index (χ2n) is 4.52. The van der Waals surface area contributed by atoms with Crippen LogP contribution in [0.15, 0.2) is 48.0 Å². The fourth-order valence-electron chi connectivity index (χ4n) is 2.22. The van der Waals surface area contributed by atoms with Crippen LogP contribution in [-0.2, 0) is 0 Å². The van der Waals surface area contributed by atoms with Gasteiger partial charge in [-0.2, -0.15) is 0 Å². The van der Waals surface area contributed by atoms with E-state index in [-0.39, 0.29) is 0 Å². The first kappa shape index (κ1) is 11.8. The maximum atomic E-state index is 4.63. The molecule has 0 amide bonds. The first-order valence-corrected chi connectivity index (χ1v) is 6.17. The molecule has 1 atom stereocenters. The van der Waals surface area contributed by atoms with Crippen molar-refractivity contribution in [3.63, 3.8) is 0 Å². The second-order valence-corrected chi connectivity index (χ2v) is 4.52. The maximum Gasteiger partial charge on any atom is 0.0649 e. The zero-order valence-electron chi connectivity index (χ0n) is 10.6. The Balaban J connectivity index is 2.54. The minimum atomic E-state index is 0.364. The maximum absolute atomic E-state index is 4.63. The lowest BCUT2D eigenvalue weighted by atomic mass is 9.89. The summed E-state index contributed by atoms with van der Waals surface area (Å²) in [5.74, 6) is 0.364. The van der Waals surface area contributed by atoms with Crippen LogP contribution in [0.2, 0.25) is 0 Å². The Labute approximate surface area is 104 Å². The van der Waals surface area contributed by atoms with E-state index < -0.39 is 0 Å². The molecular weight excluding hydrogens is 206 g/mol. The van der Waals surface area contributed by atoms with Crippen LogP contribution >= 0.6 is 0 Å². The summed E-state index contributed by atoms with van der Waals surface area (Å²) in [6.07, 6.45) is 7.40. The lowest BCUT2D eigenvalue weighted by Crippen LogP contribution is -2.09. The van der Waals surface area contributed by atoms with E-state index in [0.29, 0.717) is 5.92 Å². The largest absolute Gasteiger partial charge is 0.284 e. The van der Waals surface area contributed by atoms with Gasteiger partial charge in [-0.05, 0) is 36.5 Å². The van der Waals surface area contributed by atoms with Crippen LogP contribution in [0.25, 0.3) is 0 Å². The van der Waals surface area contributed by atoms with Crippen molar-refractivity contribution in [3.05, 3.63) is 59.7 Å². The van der Waals surface area contributed by atoms with E-state index in [1.807, 2.05) is 6.08 Å². The van der Waals surface area contributed by atoms with Gasteiger partial charge >= 0.3 is 0 Å². The standard InChI is InChI=1S/C16H19N/c1-4-12(2)14-9-7-8-13(3)16(14)15-10-5-6-11-17-15/h4-5,7-10,12H,1,6,11H2,2-3H3/t12-/m1/s1. The Morgan fingerprint density at radius 3 is 2.88 bits per heavy atom. The Bertz CT molecular complexity index is 480. The van der Waals surface area contributed by atoms with E-state index in [4.69, 9.17) is 0 Å². The first-order chi connectivity index (χ1) is 8.24. The first-order valence-electron chi connectivity index (χ1n) is 6.17. The molecular formula is C16H19N. The van der Waals surface area contributed by atoms with Crippen molar-refractivity contribution in [3.8, 4) is 0 Å². The van der Waals surface area contributed by atoms with Crippen LogP contribution in [0.1, 0.15) is 36.0 Å². The summed E-state index contributed by atoms with van der Waals surface area (Å²) in [7, 11) is 0. The highest BCUT2D eigenvalue weighted by Crippen LogP contribution is 2.25. The fourth-order valence-corrected chi connectivity index (χ4v) is 2.22. The van der Waals surface area contributed by atoms with E-state index >= 15 is 0 Å². The molecule has 1 heteroatoms. The molecule has 0 radical (unpaired) electrons. The van der Waals surface area contributed by atoms with Crippen molar-refractivity contribution < 1.29 is 0 Å². The van der Waals surface area contributed by atoms with E-state index in [1.54, 1.807) is 0 Å². The molecule has 0 fully saturated rings. The topological polar surface area (TPSA) is 12.4 Å². The average molecular weight is 225 g/mol. The molecule has 0 spiro atoms. The molecule has 0 N–H and O–H groups in total. The predicted molar refractivity (Wildman–Crippen MR) is 75.0 cm³/mol. The highest BCUT2D eigenvalue weighted by Gasteiger charge is 2.14. The molecule has 0 bridgehead atoms. The SMILES string of the molecule is C=C[C@@H](C)c1cccc(C)c1C1=NCCC=C1. The molecule has 1 aromatic rings. The Morgan fingerprint density at radius 2 is 2.24 bits per heavy atom. The molecule has 1 heterocycles. The number of dihydropyridines is 1. The zero-order chi connectivity index (χ0) is 12.3. The third-order valence-electron chi connectivity index (χ3n) is 3.26. The number of aryl methyl sites for hydroxylation is 1. The number of hydrogen-bond donors (Lipinski definition) is 0. The average Bonchev–Trinajstić information content (AvgIpc) is 2.38. The molecule has 1 aliphatic rings. The highest BCUT2D eigenvalue weighted by atomic mass is 14.7. The Kier molecular flexibility index (Phi) is 3.58. The van der Waals surface area contributed by atoms with Gasteiger partial charge in [0.15, 0.2) is 0 Å². The fraction of sp³-hybridized carbons (Fsp3) is 0.312. The van der Waals surface area contributed by atoms with E-state index in [1.165, 1.54) is 16.7 Å². The van der Waals surface area contributed by atoms with E-state index in [0.717, 1.165) is 18.7 Å². The van der Waals surface area contributed by atoms with Gasteiger partial charge in [0.1, 0.15) is 0 Å². The number of hydrogen-bond acceptors (Lipinski definition) is 1. The number of benzene rings is 1. The van der Waals surface area contributed by atoms with Gasteiger partial charge in [-0.3, -0.25) is 4.99 Å². The van der Waals surface area contributed by atoms with Crippen LogP contribution in [-0.4, -0.2) is 12.3 Å². The predicted octanol–water partition coefficient (Wildman–Crippen LogP) is 4.03. The van der Waals surface area contributed by atoms with Crippen molar-refractivity contribution in [2.24, 2.45) is 4.99 Å². The van der Waals surface area contributed by atoms with E-state index in [2.05, 4.69) is 55.8 Å². The van der Waals surface area contributed by atoms with Gasteiger partial charge in [-0.25, -0.2) is 0 Å². The second kappa shape index (κ2) is 5.13. The van der Waals surface area contributed by atoms with Crippen LogP contribution in [0.3, 0.4) is 0 Å². The number of aliphatic imine (C=N–C) groups is 1. The smallest absolute Gasteiger partial charge is 0.0649 e. The van der Waals surface area contributed by atoms with Crippen molar-refractivity contribution >= 4 is 5.71 Å². The lowest BCUT2D eigenvalue weighted by molar-refractivity contribution is 0.955. The van der Waals surface area contributed by atoms with Crippen molar-refractivity contribution in [1.29, 1.82) is 0 Å². The van der Waals surface area contributed by atoms with Crippen LogP contribution in [0.5, 0.6) is 0 Å². The minimum absolute atomic E-state index is 0.364. The van der Waals surface area contributed by atoms with Gasteiger partial charge in [0.2, 0.25) is 0 Å². The van der Waals surface area contributed by atoms with Crippen molar-refractivity contribution in [2.75, 3.05) is 6.54 Å². The number of allylic oxidation sites excluding steroid dienone is 2. The third-order valence-corrected chi connectivity index (χ3v) is 3.26. The summed E-state index contributed by atoms with van der Waals surface area (Å²) in [6, 6.07) is 6.44. The lowest BCUT2D eigenvalue weighted by Gasteiger charge is -2.17. The minimum Gasteiger partial charge on any atom is -0.284 e. The quantitative estimate of drug-likeness (QED) is 0.689. The molecule has 0 saturated carbocycles. The molecule has 17 heavy (non-hydrogen) atoms. The van der Waals surface area contributed by atoms with Gasteiger partial charge in [0, 0.05) is 12.1 Å². The summed E-state index contributed by atoms with van der Waals surface area (Å²) in [6.45, 7) is 9.13. The zero-order valence-corrected chi connectivity index (χ0v) is 10.6. The Morgan fingerprint density at radius 1 is 1.41 bits per heavy atom. The van der Waals surface area contributed by atoms with Gasteiger partial charge in [0.25, 0.3) is 0 Å². The summed E-state index contributed by atoms with van der Waals surface area (Å²) < 4.78 is 0. The van der Waals surface area contributed by atoms with Crippen LogP contribution in [0.4, 0.5) is 0 Å². The summed E-state index contributed by atoms with van der Waals surface area (Å²) in [5, 5.41) is 0. The van der Waals surface area contributed by atoms with Crippen LogP contribution < -0.4 is 0 Å². The monoisotopic (exact) mass is 225 g/mol. The highest BCUT2D eigenvalue weighted by molar-refractivity contribution is 6.11. The van der Waals surface area contributed by atoms with Crippen LogP contribution in [0, 0.1) is 6.92 Å². The molecule has 0 aliphatic carbocycles. The normalized spacial score (nSPS) is 16.5. The van der Waals surface area contributed by atoms with Crippen molar-refractivity contribution in [1.82, 2.24) is 0 Å². The summed E-state index contributed by atoms with van der Waals surface area (Å²) >= 11 is 0. The van der Waals surface area contributed by atoms with Gasteiger partial charge in [-0.1, -0.05) is 37.3 Å². The third kappa shape index (κ3) is 2.38. The molecule has 1 nitrogen and oxygen atoms in total. The summed E-state index contributed by atoms with van der Waals surface area (Å²) in [4.78, 5) is 4.63. The summed E-state index contributed by atoms with van der Waals surface area (Å²) in [5.41, 5.74) is 5.03. The van der Waals surface area contributed by atoms with Gasteiger partial charge < -0.3 is 0 Å². The molecule has 1 aliphatic heterocycles. The molecule has 0 unspecified atom stereocenters.